The molecule has 1 heterocycles. The summed E-state index contributed by atoms with van der Waals surface area (Å²) in [5, 5.41) is 0. The maximum Gasteiger partial charge on any atom is 0.534 e. The highest BCUT2D eigenvalue weighted by Crippen LogP contribution is 2.39. The number of alkyl halides is 3. The molecule has 11 heteroatoms. The predicted octanol–water partition coefficient (Wildman–Crippen LogP) is 3.40. The number of esters is 1. The maximum atomic E-state index is 13.0. The van der Waals surface area contributed by atoms with E-state index in [9.17, 15) is 26.4 Å². The molecule has 0 N–H and O–H groups in total. The van der Waals surface area contributed by atoms with E-state index in [1.807, 2.05) is 0 Å². The van der Waals surface area contributed by atoms with Crippen LogP contribution in [-0.4, -0.2) is 44.8 Å². The van der Waals surface area contributed by atoms with E-state index < -0.39 is 45.7 Å². The molecule has 162 valence electrons. The average Bonchev–Trinajstić information content (AvgIpc) is 2.58. The molecule has 0 fully saturated rings. The molecule has 0 amide bonds. The van der Waals surface area contributed by atoms with Crippen LogP contribution in [0.2, 0.25) is 0 Å². The predicted molar refractivity (Wildman–Crippen MR) is 96.2 cm³/mol. The molecular weight excluding hydrogens is 417 g/mol. The van der Waals surface area contributed by atoms with E-state index >= 15 is 0 Å². The fourth-order valence-electron chi connectivity index (χ4n) is 2.46. The van der Waals surface area contributed by atoms with Gasteiger partial charge in [-0.1, -0.05) is 12.1 Å². The van der Waals surface area contributed by atoms with E-state index in [0.717, 1.165) is 0 Å². The first kappa shape index (κ1) is 23.0. The van der Waals surface area contributed by atoms with Gasteiger partial charge in [-0.3, -0.25) is 0 Å². The molecule has 1 atom stereocenters. The highest BCUT2D eigenvalue weighted by atomic mass is 32.2. The average molecular weight is 438 g/mol. The first-order valence-corrected chi connectivity index (χ1v) is 9.98. The Labute approximate surface area is 166 Å². The Morgan fingerprint density at radius 3 is 2.38 bits per heavy atom. The van der Waals surface area contributed by atoms with Crippen molar-refractivity contribution in [2.75, 3.05) is 13.2 Å². The minimum atomic E-state index is -6.01. The minimum Gasteiger partial charge on any atom is -0.488 e. The fourth-order valence-corrected chi connectivity index (χ4v) is 2.97. The summed E-state index contributed by atoms with van der Waals surface area (Å²) in [5.41, 5.74) is -6.88. The van der Waals surface area contributed by atoms with Crippen LogP contribution in [0.4, 0.5) is 13.2 Å². The van der Waals surface area contributed by atoms with Crippen LogP contribution in [-0.2, 0) is 28.6 Å². The van der Waals surface area contributed by atoms with Gasteiger partial charge in [0.05, 0.1) is 23.3 Å². The van der Waals surface area contributed by atoms with E-state index in [2.05, 4.69) is 4.18 Å². The molecule has 0 spiro atoms. The lowest BCUT2D eigenvalue weighted by molar-refractivity contribution is -0.162. The molecule has 1 unspecified atom stereocenters. The number of ether oxygens (including phenoxy) is 3. The van der Waals surface area contributed by atoms with Gasteiger partial charge < -0.3 is 18.4 Å². The maximum absolute atomic E-state index is 13.0. The summed E-state index contributed by atoms with van der Waals surface area (Å²) in [4.78, 5) is 12.5. The van der Waals surface area contributed by atoms with Crippen molar-refractivity contribution in [3.63, 3.8) is 0 Å². The fraction of sp³-hybridized carbons (Fsp3) is 0.500. The quantitative estimate of drug-likeness (QED) is 0.382. The SMILES string of the molecule is CCOC(=O)C(OC(C)(C)C)C1=C(OS(=O)(=O)C(F)(F)F)c2ccccc2OC1. The summed E-state index contributed by atoms with van der Waals surface area (Å²) < 4.78 is 82.8. The zero-order valence-electron chi connectivity index (χ0n) is 16.2. The number of benzene rings is 1. The lowest BCUT2D eigenvalue weighted by atomic mass is 10.00. The highest BCUT2D eigenvalue weighted by molar-refractivity contribution is 7.87. The number of halogens is 3. The normalized spacial score (nSPS) is 16.0. The zero-order chi connectivity index (χ0) is 22.0. The van der Waals surface area contributed by atoms with E-state index in [1.54, 1.807) is 33.8 Å². The van der Waals surface area contributed by atoms with E-state index in [0.29, 0.717) is 0 Å². The third-order valence-corrected chi connectivity index (χ3v) is 4.52. The molecule has 0 radical (unpaired) electrons. The number of hydrogen-bond donors (Lipinski definition) is 0. The Balaban J connectivity index is 2.68. The molecule has 1 aliphatic rings. The Bertz CT molecular complexity index is 899. The molecule has 0 saturated heterocycles. The van der Waals surface area contributed by atoms with Gasteiger partial charge in [-0.25, -0.2) is 4.79 Å². The van der Waals surface area contributed by atoms with Crippen LogP contribution >= 0.6 is 0 Å². The van der Waals surface area contributed by atoms with Crippen molar-refractivity contribution < 1.29 is 44.8 Å². The van der Waals surface area contributed by atoms with E-state index in [1.165, 1.54) is 18.2 Å². The van der Waals surface area contributed by atoms with Gasteiger partial charge in [0.1, 0.15) is 12.4 Å². The molecule has 7 nitrogen and oxygen atoms in total. The summed E-state index contributed by atoms with van der Waals surface area (Å²) in [6.45, 7) is 5.93. The number of rotatable bonds is 6. The van der Waals surface area contributed by atoms with Crippen molar-refractivity contribution >= 4 is 21.8 Å². The second-order valence-corrected chi connectivity index (χ2v) is 8.52. The van der Waals surface area contributed by atoms with Gasteiger partial charge in [0.15, 0.2) is 11.9 Å². The smallest absolute Gasteiger partial charge is 0.488 e. The molecule has 1 aromatic carbocycles. The van der Waals surface area contributed by atoms with Crippen molar-refractivity contribution in [3.8, 4) is 5.75 Å². The van der Waals surface area contributed by atoms with Gasteiger partial charge in [0.2, 0.25) is 0 Å². The molecule has 2 rings (SSSR count). The monoisotopic (exact) mass is 438 g/mol. The van der Waals surface area contributed by atoms with Crippen LogP contribution in [0.3, 0.4) is 0 Å². The Morgan fingerprint density at radius 1 is 1.21 bits per heavy atom. The topological polar surface area (TPSA) is 88.1 Å². The van der Waals surface area contributed by atoms with Crippen LogP contribution in [0.15, 0.2) is 29.8 Å². The van der Waals surface area contributed by atoms with Crippen LogP contribution in [0, 0.1) is 0 Å². The van der Waals surface area contributed by atoms with Crippen LogP contribution in [0.25, 0.3) is 5.76 Å². The van der Waals surface area contributed by atoms with Crippen LogP contribution in [0.1, 0.15) is 33.3 Å². The standard InChI is InChI=1S/C18H21F3O7S/c1-5-25-16(22)15(27-17(2,3)4)12-10-26-13-9-7-6-8-11(13)14(12)28-29(23,24)18(19,20)21/h6-9,15H,5,10H2,1-4H3. The molecule has 29 heavy (non-hydrogen) atoms. The molecule has 0 saturated carbocycles. The number of carbonyl (C=O) groups excluding carboxylic acids is 1. The lowest BCUT2D eigenvalue weighted by Crippen LogP contribution is -2.39. The second-order valence-electron chi connectivity index (χ2n) is 6.98. The van der Waals surface area contributed by atoms with Crippen LogP contribution in [0.5, 0.6) is 5.75 Å². The first-order valence-electron chi connectivity index (χ1n) is 8.57. The second kappa shape index (κ2) is 8.23. The minimum absolute atomic E-state index is 0.0232. The molecule has 0 bridgehead atoms. The Morgan fingerprint density at radius 2 is 1.83 bits per heavy atom. The molecule has 1 aliphatic heterocycles. The number of para-hydroxylation sites is 1. The largest absolute Gasteiger partial charge is 0.534 e. The summed E-state index contributed by atoms with van der Waals surface area (Å²) in [6, 6.07) is 5.75. The zero-order valence-corrected chi connectivity index (χ0v) is 17.0. The van der Waals surface area contributed by atoms with Crippen molar-refractivity contribution in [2.45, 2.75) is 44.9 Å². The molecule has 0 aliphatic carbocycles. The van der Waals surface area contributed by atoms with Gasteiger partial charge in [0.25, 0.3) is 0 Å². The highest BCUT2D eigenvalue weighted by Gasteiger charge is 2.50. The van der Waals surface area contributed by atoms with Crippen molar-refractivity contribution in [3.05, 3.63) is 35.4 Å². The van der Waals surface area contributed by atoms with Crippen LogP contribution < -0.4 is 4.74 Å². The van der Waals surface area contributed by atoms with Gasteiger partial charge >= 0.3 is 21.6 Å². The van der Waals surface area contributed by atoms with Gasteiger partial charge in [-0.2, -0.15) is 21.6 Å². The molecule has 0 aromatic heterocycles. The number of hydrogen-bond acceptors (Lipinski definition) is 7. The molecular formula is C18H21F3O7S. The summed E-state index contributed by atoms with van der Waals surface area (Å²) in [7, 11) is -6.01. The van der Waals surface area contributed by atoms with E-state index in [-0.39, 0.29) is 23.5 Å². The Hall–Kier alpha value is -2.27. The summed E-state index contributed by atoms with van der Waals surface area (Å²) in [5.74, 6) is -1.49. The van der Waals surface area contributed by atoms with Crippen molar-refractivity contribution in [1.82, 2.24) is 0 Å². The number of fused-ring (bicyclic) bond motifs is 1. The van der Waals surface area contributed by atoms with Gasteiger partial charge in [0, 0.05) is 0 Å². The van der Waals surface area contributed by atoms with Crippen molar-refractivity contribution in [2.24, 2.45) is 0 Å². The van der Waals surface area contributed by atoms with Gasteiger partial charge in [-0.05, 0) is 39.8 Å². The lowest BCUT2D eigenvalue weighted by Gasteiger charge is -2.31. The molecule has 1 aromatic rings. The summed E-state index contributed by atoms with van der Waals surface area (Å²) in [6.07, 6.45) is -1.54. The number of carbonyl (C=O) groups is 1. The van der Waals surface area contributed by atoms with Crippen molar-refractivity contribution in [1.29, 1.82) is 0 Å². The first-order chi connectivity index (χ1) is 13.3. The third-order valence-electron chi connectivity index (χ3n) is 3.57. The third kappa shape index (κ3) is 5.41. The Kier molecular flexibility index (Phi) is 6.53. The van der Waals surface area contributed by atoms with E-state index in [4.69, 9.17) is 14.2 Å². The summed E-state index contributed by atoms with van der Waals surface area (Å²) >= 11 is 0. The van der Waals surface area contributed by atoms with Gasteiger partial charge in [-0.15, -0.1) is 0 Å².